The van der Waals surface area contributed by atoms with Crippen LogP contribution >= 0.6 is 11.8 Å². The summed E-state index contributed by atoms with van der Waals surface area (Å²) in [6.07, 6.45) is 3.20. The molecule has 0 aliphatic carbocycles. The van der Waals surface area contributed by atoms with Gasteiger partial charge in [0.15, 0.2) is 10.9 Å². The van der Waals surface area contributed by atoms with Crippen molar-refractivity contribution in [3.8, 4) is 0 Å². The van der Waals surface area contributed by atoms with Gasteiger partial charge in [0.05, 0.1) is 25.2 Å². The van der Waals surface area contributed by atoms with Crippen molar-refractivity contribution in [3.63, 3.8) is 0 Å². The summed E-state index contributed by atoms with van der Waals surface area (Å²) < 4.78 is 12.2. The molecule has 0 spiro atoms. The number of nitrogens with zero attached hydrogens (tertiary/aromatic N) is 3. The number of nitrogens with one attached hydrogen (secondary N) is 1. The van der Waals surface area contributed by atoms with Crippen LogP contribution in [0.2, 0.25) is 0 Å². The van der Waals surface area contributed by atoms with E-state index in [9.17, 15) is 9.59 Å². The van der Waals surface area contributed by atoms with Gasteiger partial charge in [-0.1, -0.05) is 11.8 Å². The maximum Gasteiger partial charge on any atom is 0.355 e. The van der Waals surface area contributed by atoms with Gasteiger partial charge in [0, 0.05) is 11.3 Å². The smallest absolute Gasteiger partial charge is 0.355 e. The SMILES string of the molecule is CCOC(=O)c1[nH]c(C)c(C(=O)CSc2nncn2Cc2ccco2)c1C. The van der Waals surface area contributed by atoms with Crippen molar-refractivity contribution in [3.05, 3.63) is 53.0 Å². The maximum atomic E-state index is 12.7. The highest BCUT2D eigenvalue weighted by atomic mass is 32.2. The van der Waals surface area contributed by atoms with Gasteiger partial charge in [-0.15, -0.1) is 10.2 Å². The van der Waals surface area contributed by atoms with Gasteiger partial charge < -0.3 is 18.7 Å². The number of H-pyrrole nitrogens is 1. The maximum absolute atomic E-state index is 12.7. The molecule has 0 saturated heterocycles. The average molecular weight is 388 g/mol. The van der Waals surface area contributed by atoms with Crippen LogP contribution < -0.4 is 0 Å². The number of hydrogen-bond acceptors (Lipinski definition) is 7. The minimum absolute atomic E-state index is 0.0886. The van der Waals surface area contributed by atoms with Crippen LogP contribution in [-0.2, 0) is 11.3 Å². The Morgan fingerprint density at radius 2 is 2.19 bits per heavy atom. The molecule has 0 radical (unpaired) electrons. The van der Waals surface area contributed by atoms with Crippen molar-refractivity contribution < 1.29 is 18.7 Å². The number of aromatic nitrogens is 4. The zero-order chi connectivity index (χ0) is 19.4. The summed E-state index contributed by atoms with van der Waals surface area (Å²) in [6, 6.07) is 3.68. The van der Waals surface area contributed by atoms with Crippen LogP contribution in [0.15, 0.2) is 34.3 Å². The molecule has 3 aromatic rings. The van der Waals surface area contributed by atoms with Gasteiger partial charge in [-0.25, -0.2) is 4.79 Å². The van der Waals surface area contributed by atoms with Gasteiger partial charge in [0.1, 0.15) is 17.8 Å². The average Bonchev–Trinajstić information content (AvgIpc) is 3.35. The van der Waals surface area contributed by atoms with Crippen molar-refractivity contribution in [2.24, 2.45) is 0 Å². The first-order valence-electron chi connectivity index (χ1n) is 8.43. The van der Waals surface area contributed by atoms with Crippen LogP contribution in [0.1, 0.15) is 44.8 Å². The van der Waals surface area contributed by atoms with Crippen molar-refractivity contribution in [1.29, 1.82) is 0 Å². The largest absolute Gasteiger partial charge is 0.467 e. The van der Waals surface area contributed by atoms with E-state index < -0.39 is 5.97 Å². The second-order valence-corrected chi connectivity index (χ2v) is 6.82. The van der Waals surface area contributed by atoms with Gasteiger partial charge >= 0.3 is 5.97 Å². The second-order valence-electron chi connectivity index (χ2n) is 5.88. The van der Waals surface area contributed by atoms with Crippen molar-refractivity contribution in [1.82, 2.24) is 19.7 Å². The zero-order valence-corrected chi connectivity index (χ0v) is 16.1. The fourth-order valence-corrected chi connectivity index (χ4v) is 3.60. The minimum atomic E-state index is -0.456. The molecule has 0 aromatic carbocycles. The number of ketones is 1. The summed E-state index contributed by atoms with van der Waals surface area (Å²) in [5.74, 6) is 0.412. The molecule has 0 aliphatic rings. The number of aromatic amines is 1. The number of rotatable bonds is 8. The molecular formula is C18H20N4O4S. The highest BCUT2D eigenvalue weighted by Gasteiger charge is 2.23. The van der Waals surface area contributed by atoms with E-state index in [2.05, 4.69) is 15.2 Å². The van der Waals surface area contributed by atoms with Crippen LogP contribution in [0.3, 0.4) is 0 Å². The highest BCUT2D eigenvalue weighted by Crippen LogP contribution is 2.23. The van der Waals surface area contributed by atoms with Gasteiger partial charge in [-0.3, -0.25) is 4.79 Å². The van der Waals surface area contributed by atoms with Crippen LogP contribution in [-0.4, -0.2) is 43.9 Å². The van der Waals surface area contributed by atoms with Gasteiger partial charge in [0.2, 0.25) is 0 Å². The quantitative estimate of drug-likeness (QED) is 0.359. The predicted molar refractivity (Wildman–Crippen MR) is 99.1 cm³/mol. The highest BCUT2D eigenvalue weighted by molar-refractivity contribution is 7.99. The van der Waals surface area contributed by atoms with Crippen LogP contribution in [0, 0.1) is 13.8 Å². The lowest BCUT2D eigenvalue weighted by Gasteiger charge is -2.05. The number of carbonyl (C=O) groups excluding carboxylic acids is 2. The lowest BCUT2D eigenvalue weighted by molar-refractivity contribution is 0.0519. The Bertz CT molecular complexity index is 943. The Kier molecular flexibility index (Phi) is 5.80. The van der Waals surface area contributed by atoms with E-state index in [0.29, 0.717) is 34.2 Å². The fraction of sp³-hybridized carbons (Fsp3) is 0.333. The number of ether oxygens (including phenoxy) is 1. The third-order valence-electron chi connectivity index (χ3n) is 4.01. The molecule has 0 saturated carbocycles. The third kappa shape index (κ3) is 4.13. The van der Waals surface area contributed by atoms with E-state index in [-0.39, 0.29) is 18.1 Å². The first-order chi connectivity index (χ1) is 13.0. The van der Waals surface area contributed by atoms with E-state index in [4.69, 9.17) is 9.15 Å². The molecule has 0 unspecified atom stereocenters. The topological polar surface area (TPSA) is 103 Å². The third-order valence-corrected chi connectivity index (χ3v) is 5.00. The standard InChI is InChI=1S/C18H20N4O4S/c1-4-25-17(24)16-11(2)15(12(3)20-16)14(23)9-27-18-21-19-10-22(18)8-13-6-5-7-26-13/h5-7,10,20H,4,8-9H2,1-3H3. The number of furan rings is 1. The number of esters is 1. The van der Waals surface area contributed by atoms with Gasteiger partial charge in [-0.2, -0.15) is 0 Å². The molecule has 142 valence electrons. The first kappa shape index (κ1) is 19.0. The molecule has 0 atom stereocenters. The molecule has 27 heavy (non-hydrogen) atoms. The molecule has 0 aliphatic heterocycles. The van der Waals surface area contributed by atoms with Crippen LogP contribution in [0.5, 0.6) is 0 Å². The van der Waals surface area contributed by atoms with E-state index in [1.54, 1.807) is 33.4 Å². The van der Waals surface area contributed by atoms with E-state index in [1.165, 1.54) is 11.8 Å². The summed E-state index contributed by atoms with van der Waals surface area (Å²) >= 11 is 1.29. The molecule has 0 bridgehead atoms. The van der Waals surface area contributed by atoms with E-state index >= 15 is 0 Å². The van der Waals surface area contributed by atoms with E-state index in [1.807, 2.05) is 16.7 Å². The Hall–Kier alpha value is -2.81. The monoisotopic (exact) mass is 388 g/mol. The summed E-state index contributed by atoms with van der Waals surface area (Å²) in [4.78, 5) is 27.7. The molecule has 1 N–H and O–H groups in total. The molecule has 0 fully saturated rings. The Morgan fingerprint density at radius 3 is 2.89 bits per heavy atom. The molecular weight excluding hydrogens is 368 g/mol. The molecule has 0 amide bonds. The van der Waals surface area contributed by atoms with Gasteiger partial charge in [-0.05, 0) is 38.5 Å². The molecule has 3 rings (SSSR count). The fourth-order valence-electron chi connectivity index (χ4n) is 2.81. The van der Waals surface area contributed by atoms with Gasteiger partial charge in [0.25, 0.3) is 0 Å². The molecule has 8 nitrogen and oxygen atoms in total. The minimum Gasteiger partial charge on any atom is -0.467 e. The predicted octanol–water partition coefficient (Wildman–Crippen LogP) is 3.02. The summed E-state index contributed by atoms with van der Waals surface area (Å²) in [5, 5.41) is 8.59. The van der Waals surface area contributed by atoms with Crippen LogP contribution in [0.4, 0.5) is 0 Å². The second kappa shape index (κ2) is 8.26. The Morgan fingerprint density at radius 1 is 1.37 bits per heavy atom. The summed E-state index contributed by atoms with van der Waals surface area (Å²) in [6.45, 7) is 6.03. The number of hydrogen-bond donors (Lipinski definition) is 1. The molecule has 3 aromatic heterocycles. The number of carbonyl (C=O) groups is 2. The van der Waals surface area contributed by atoms with Crippen molar-refractivity contribution >= 4 is 23.5 Å². The molecule has 3 heterocycles. The Labute approximate surface area is 160 Å². The van der Waals surface area contributed by atoms with Crippen molar-refractivity contribution in [2.45, 2.75) is 32.5 Å². The molecule has 9 heteroatoms. The lowest BCUT2D eigenvalue weighted by Crippen LogP contribution is -2.09. The summed E-state index contributed by atoms with van der Waals surface area (Å²) in [7, 11) is 0. The number of aryl methyl sites for hydroxylation is 1. The summed E-state index contributed by atoms with van der Waals surface area (Å²) in [5.41, 5.74) is 2.10. The Balaban J connectivity index is 1.70. The van der Waals surface area contributed by atoms with Crippen molar-refractivity contribution in [2.75, 3.05) is 12.4 Å². The lowest BCUT2D eigenvalue weighted by atomic mass is 10.1. The van der Waals surface area contributed by atoms with Crippen LogP contribution in [0.25, 0.3) is 0 Å². The normalized spacial score (nSPS) is 10.9. The number of Topliss-reactive ketones (excluding diaryl/α,β-unsaturated/α-hetero) is 1. The first-order valence-corrected chi connectivity index (χ1v) is 9.42. The zero-order valence-electron chi connectivity index (χ0n) is 15.3. The number of thioether (sulfide) groups is 1. The van der Waals surface area contributed by atoms with E-state index in [0.717, 1.165) is 5.76 Å².